The van der Waals surface area contributed by atoms with Crippen molar-refractivity contribution in [2.45, 2.75) is 45.2 Å². The first kappa shape index (κ1) is 29.1. The second-order valence-corrected chi connectivity index (χ2v) is 12.1. The summed E-state index contributed by atoms with van der Waals surface area (Å²) in [7, 11) is -3.10. The first-order valence-corrected chi connectivity index (χ1v) is 14.9. The van der Waals surface area contributed by atoms with Gasteiger partial charge < -0.3 is 0 Å². The van der Waals surface area contributed by atoms with Crippen molar-refractivity contribution in [1.29, 1.82) is 0 Å². The standard InChI is InChI=1S/C25H32N3O9PS/c1-14-10-12-39-22(14)17-5-7-18(8-6-17)37-38(33,27-16(3)24(31)34-4)35-13-19-21(30)15(2)23(36-19)28-11-9-20(29)26-25(28)32/h5-12,15-16,19,21,23,27,30,33,38H,13H2,1-4H3,(H,26,29,32)/t15-,16-,19+,21-,23+/m0/s1. The Balaban J connectivity index is 1.51. The van der Waals surface area contributed by atoms with Crippen molar-refractivity contribution < 1.29 is 33.3 Å². The number of aliphatic hydroxyl groups excluding tert-OH is 1. The Morgan fingerprint density at radius 1 is 1.26 bits per heavy atom. The number of carbonyl (C=O) groups excluding carboxylic acids is 1. The predicted molar refractivity (Wildman–Crippen MR) is 147 cm³/mol. The van der Waals surface area contributed by atoms with E-state index in [1.165, 1.54) is 30.9 Å². The van der Waals surface area contributed by atoms with Gasteiger partial charge in [-0.2, -0.15) is 0 Å². The van der Waals surface area contributed by atoms with Crippen molar-refractivity contribution in [1.82, 2.24) is 14.6 Å². The zero-order valence-corrected chi connectivity index (χ0v) is 23.6. The number of benzene rings is 1. The van der Waals surface area contributed by atoms with E-state index in [2.05, 4.69) is 10.1 Å². The summed E-state index contributed by atoms with van der Waals surface area (Å²) in [6, 6.07) is 9.30. The molecule has 5 atom stereocenters. The first-order chi connectivity index (χ1) is 18.5. The van der Waals surface area contributed by atoms with E-state index >= 15 is 0 Å². The fraction of sp³-hybridized carbons (Fsp3) is 0.400. The van der Waals surface area contributed by atoms with E-state index in [0.29, 0.717) is 5.75 Å². The maximum absolute atomic E-state index is 12.2. The van der Waals surface area contributed by atoms with Gasteiger partial charge in [-0.1, -0.05) is 0 Å². The van der Waals surface area contributed by atoms with Crippen LogP contribution in [0.5, 0.6) is 5.75 Å². The van der Waals surface area contributed by atoms with Gasteiger partial charge in [-0.05, 0) is 0 Å². The molecule has 39 heavy (non-hydrogen) atoms. The molecule has 1 aliphatic heterocycles. The molecule has 1 fully saturated rings. The van der Waals surface area contributed by atoms with Crippen molar-refractivity contribution in [2.75, 3.05) is 13.7 Å². The summed E-state index contributed by atoms with van der Waals surface area (Å²) in [6.07, 6.45) is -1.62. The molecule has 1 aromatic carbocycles. The Labute approximate surface area is 228 Å². The zero-order valence-electron chi connectivity index (χ0n) is 21.8. The number of nitrogens with zero attached hydrogens (tertiary/aromatic N) is 1. The van der Waals surface area contributed by atoms with E-state index in [1.807, 2.05) is 30.5 Å². The number of thiophene rings is 1. The number of aryl methyl sites for hydroxylation is 1. The number of carbonyl (C=O) groups is 1. The number of esters is 1. The van der Waals surface area contributed by atoms with Gasteiger partial charge in [0, 0.05) is 0 Å². The summed E-state index contributed by atoms with van der Waals surface area (Å²) in [6.45, 7) is 4.87. The molecule has 0 radical (unpaired) electrons. The molecule has 4 N–H and O–H groups in total. The van der Waals surface area contributed by atoms with Gasteiger partial charge in [0.1, 0.15) is 0 Å². The number of hydrogen-bond donors (Lipinski definition) is 4. The Morgan fingerprint density at radius 2 is 1.97 bits per heavy atom. The molecule has 0 bridgehead atoms. The van der Waals surface area contributed by atoms with Crippen molar-refractivity contribution in [3.63, 3.8) is 0 Å². The van der Waals surface area contributed by atoms with Gasteiger partial charge in [-0.15, -0.1) is 0 Å². The van der Waals surface area contributed by atoms with E-state index in [0.717, 1.165) is 16.0 Å². The van der Waals surface area contributed by atoms with Gasteiger partial charge in [0.2, 0.25) is 0 Å². The van der Waals surface area contributed by atoms with E-state index in [1.54, 1.807) is 30.4 Å². The maximum atomic E-state index is 12.2. The van der Waals surface area contributed by atoms with Gasteiger partial charge in [-0.3, -0.25) is 0 Å². The molecule has 14 heteroatoms. The third kappa shape index (κ3) is 6.64. The first-order valence-electron chi connectivity index (χ1n) is 12.2. The SMILES string of the molecule is COC(=O)[C@H](C)N[PH](O)(OC[C@H]1O[C@@H](n2ccc(=O)[nH]c2=O)[C@@H](C)[C@@H]1O)Oc1ccc(-c2sccc2C)cc1. The molecule has 0 unspecified atom stereocenters. The van der Waals surface area contributed by atoms with Crippen LogP contribution in [0.1, 0.15) is 25.6 Å². The number of hydrogen-bond acceptors (Lipinski definition) is 11. The summed E-state index contributed by atoms with van der Waals surface area (Å²) in [5.41, 5.74) is 0.886. The number of aromatic nitrogens is 2. The number of H-pyrrole nitrogens is 1. The number of ether oxygens (including phenoxy) is 2. The van der Waals surface area contributed by atoms with Crippen molar-refractivity contribution in [2.24, 2.45) is 5.92 Å². The molecule has 0 aliphatic carbocycles. The average Bonchev–Trinajstić information content (AvgIpc) is 3.45. The van der Waals surface area contributed by atoms with Gasteiger partial charge in [-0.25, -0.2) is 0 Å². The van der Waals surface area contributed by atoms with Crippen molar-refractivity contribution in [3.8, 4) is 16.2 Å². The van der Waals surface area contributed by atoms with Crippen LogP contribution in [0.25, 0.3) is 10.4 Å². The zero-order chi connectivity index (χ0) is 28.3. The Kier molecular flexibility index (Phi) is 9.02. The minimum absolute atomic E-state index is 0.297. The van der Waals surface area contributed by atoms with Crippen LogP contribution in [-0.2, 0) is 18.8 Å². The summed E-state index contributed by atoms with van der Waals surface area (Å²) < 4.78 is 23.4. The normalized spacial score (nSPS) is 22.4. The van der Waals surface area contributed by atoms with E-state index < -0.39 is 55.7 Å². The number of aromatic amines is 1. The molecule has 3 aromatic rings. The molecule has 12 nitrogen and oxygen atoms in total. The summed E-state index contributed by atoms with van der Waals surface area (Å²) in [5.74, 6) is -0.890. The van der Waals surface area contributed by atoms with Gasteiger partial charge >= 0.3 is 229 Å². The third-order valence-electron chi connectivity index (χ3n) is 6.44. The van der Waals surface area contributed by atoms with Gasteiger partial charge in [0.25, 0.3) is 0 Å². The second-order valence-electron chi connectivity index (χ2n) is 9.27. The van der Waals surface area contributed by atoms with Crippen LogP contribution < -0.4 is 20.9 Å². The molecule has 3 heterocycles. The van der Waals surface area contributed by atoms with Crippen molar-refractivity contribution >= 4 is 25.4 Å². The molecule has 0 amide bonds. The van der Waals surface area contributed by atoms with Crippen molar-refractivity contribution in [3.05, 3.63) is 74.4 Å². The molecule has 0 spiro atoms. The van der Waals surface area contributed by atoms with Crippen LogP contribution in [0.15, 0.2) is 57.6 Å². The number of nitrogens with one attached hydrogen (secondary N) is 2. The number of rotatable bonds is 10. The third-order valence-corrected chi connectivity index (χ3v) is 9.37. The summed E-state index contributed by atoms with van der Waals surface area (Å²) in [5, 5.41) is 15.5. The van der Waals surface area contributed by atoms with Crippen LogP contribution in [0.3, 0.4) is 0 Å². The average molecular weight is 582 g/mol. The van der Waals surface area contributed by atoms with Crippen LogP contribution in [-0.4, -0.2) is 57.5 Å². The molecule has 0 saturated carbocycles. The Hall–Kier alpha value is -2.90. The topological polar surface area (TPSA) is 161 Å². The number of aliphatic hydroxyl groups is 1. The second kappa shape index (κ2) is 12.1. The fourth-order valence-corrected chi connectivity index (χ4v) is 6.93. The Morgan fingerprint density at radius 3 is 2.59 bits per heavy atom. The molecule has 1 aliphatic rings. The number of methoxy groups -OCH3 is 1. The van der Waals surface area contributed by atoms with E-state index in [-0.39, 0.29) is 6.61 Å². The molecule has 2 aromatic heterocycles. The molecule has 212 valence electrons. The van der Waals surface area contributed by atoms with Crippen LogP contribution in [0.2, 0.25) is 0 Å². The molecular formula is C25H32N3O9PS. The summed E-state index contributed by atoms with van der Waals surface area (Å²) in [4.78, 5) is 50.4. The van der Waals surface area contributed by atoms with Gasteiger partial charge in [0.15, 0.2) is 0 Å². The molecular weight excluding hydrogens is 549 g/mol. The van der Waals surface area contributed by atoms with Crippen LogP contribution in [0, 0.1) is 12.8 Å². The van der Waals surface area contributed by atoms with E-state index in [9.17, 15) is 24.4 Å². The fourth-order valence-electron chi connectivity index (χ4n) is 4.28. The minimum atomic E-state index is -4.32. The van der Waals surface area contributed by atoms with Crippen LogP contribution in [0.4, 0.5) is 0 Å². The van der Waals surface area contributed by atoms with Crippen LogP contribution >= 0.6 is 19.4 Å². The Bertz CT molecular complexity index is 1410. The summed E-state index contributed by atoms with van der Waals surface area (Å²) >= 11 is 1.61. The molecule has 1 saturated heterocycles. The molecule has 4 rings (SSSR count). The quantitative estimate of drug-likeness (QED) is 0.206. The van der Waals surface area contributed by atoms with E-state index in [4.69, 9.17) is 18.5 Å². The van der Waals surface area contributed by atoms with Gasteiger partial charge in [0.05, 0.1) is 0 Å². The monoisotopic (exact) mass is 581 g/mol. The predicted octanol–water partition coefficient (Wildman–Crippen LogP) is 2.12.